The quantitative estimate of drug-likeness (QED) is 0.318. The molecule has 3 atom stereocenters. The zero-order chi connectivity index (χ0) is 30.0. The zero-order valence-electron chi connectivity index (χ0n) is 22.9. The number of thiazole rings is 1. The Morgan fingerprint density at radius 2 is 1.93 bits per heavy atom. The SMILES string of the molecule is CC[C@H](Nc1cc(C(F)F)c(-c2sc(C(=O)N[C@@H](C)C(C)(C)O)nc2C(=O)N2CCCC[C@@H]2C)cn1)C(F)(F)F. The van der Waals surface area contributed by atoms with Crippen molar-refractivity contribution in [1.29, 1.82) is 0 Å². The Kier molecular flexibility index (Phi) is 9.76. The molecule has 3 heterocycles. The molecule has 2 amide bonds. The van der Waals surface area contributed by atoms with Crippen LogP contribution in [-0.2, 0) is 0 Å². The number of nitrogens with zero attached hydrogens (tertiary/aromatic N) is 3. The summed E-state index contributed by atoms with van der Waals surface area (Å²) < 4.78 is 68.3. The number of hydrogen-bond donors (Lipinski definition) is 3. The highest BCUT2D eigenvalue weighted by molar-refractivity contribution is 7.17. The highest BCUT2D eigenvalue weighted by atomic mass is 32.1. The van der Waals surface area contributed by atoms with E-state index in [4.69, 9.17) is 0 Å². The summed E-state index contributed by atoms with van der Waals surface area (Å²) in [5.74, 6) is -1.66. The average Bonchev–Trinajstić information content (AvgIpc) is 3.31. The Hall–Kier alpha value is -2.87. The number of carbonyl (C=O) groups excluding carboxylic acids is 2. The van der Waals surface area contributed by atoms with E-state index in [1.165, 1.54) is 20.8 Å². The van der Waals surface area contributed by atoms with Crippen LogP contribution in [0.5, 0.6) is 0 Å². The number of aromatic nitrogens is 2. The van der Waals surface area contributed by atoms with Gasteiger partial charge < -0.3 is 20.6 Å². The van der Waals surface area contributed by atoms with Gasteiger partial charge in [-0.1, -0.05) is 6.92 Å². The van der Waals surface area contributed by atoms with E-state index in [9.17, 15) is 36.6 Å². The van der Waals surface area contributed by atoms with Crippen molar-refractivity contribution < 1.29 is 36.6 Å². The van der Waals surface area contributed by atoms with Crippen LogP contribution >= 0.6 is 11.3 Å². The number of nitrogens with one attached hydrogen (secondary N) is 2. The van der Waals surface area contributed by atoms with Crippen LogP contribution in [0.25, 0.3) is 10.4 Å². The minimum Gasteiger partial charge on any atom is -0.388 e. The average molecular weight is 592 g/mol. The molecule has 0 spiro atoms. The first kappa shape index (κ1) is 31.7. The number of hydrogen-bond acceptors (Lipinski definition) is 7. The first-order valence-electron chi connectivity index (χ1n) is 13.0. The predicted molar refractivity (Wildman–Crippen MR) is 142 cm³/mol. The van der Waals surface area contributed by atoms with Crippen LogP contribution in [0, 0.1) is 0 Å². The predicted octanol–water partition coefficient (Wildman–Crippen LogP) is 5.80. The summed E-state index contributed by atoms with van der Waals surface area (Å²) in [6, 6.07) is -2.03. The molecular weight excluding hydrogens is 557 g/mol. The zero-order valence-corrected chi connectivity index (χ0v) is 23.7. The summed E-state index contributed by atoms with van der Waals surface area (Å²) in [4.78, 5) is 36.3. The number of likely N-dealkylation sites (tertiary alicyclic amines) is 1. The number of anilines is 1. The van der Waals surface area contributed by atoms with E-state index in [0.29, 0.717) is 17.9 Å². The lowest BCUT2D eigenvalue weighted by Gasteiger charge is -2.33. The van der Waals surface area contributed by atoms with Crippen LogP contribution in [0.3, 0.4) is 0 Å². The molecule has 1 saturated heterocycles. The number of aliphatic hydroxyl groups is 1. The molecule has 3 N–H and O–H groups in total. The Labute approximate surface area is 233 Å². The third-order valence-electron chi connectivity index (χ3n) is 7.04. The molecule has 2 aromatic heterocycles. The van der Waals surface area contributed by atoms with E-state index < -0.39 is 53.5 Å². The van der Waals surface area contributed by atoms with E-state index >= 15 is 0 Å². The fourth-order valence-electron chi connectivity index (χ4n) is 4.23. The number of piperidine rings is 1. The molecule has 0 unspecified atom stereocenters. The Balaban J connectivity index is 2.10. The molecule has 0 radical (unpaired) electrons. The smallest absolute Gasteiger partial charge is 0.388 e. The van der Waals surface area contributed by atoms with Crippen LogP contribution in [0.4, 0.5) is 27.8 Å². The van der Waals surface area contributed by atoms with Crippen molar-refractivity contribution in [3.8, 4) is 10.4 Å². The fourth-order valence-corrected chi connectivity index (χ4v) is 5.22. The van der Waals surface area contributed by atoms with Crippen LogP contribution < -0.4 is 10.6 Å². The van der Waals surface area contributed by atoms with E-state index in [0.717, 1.165) is 31.5 Å². The first-order valence-corrected chi connectivity index (χ1v) is 13.8. The Bertz CT molecular complexity index is 1210. The third-order valence-corrected chi connectivity index (χ3v) is 8.12. The third kappa shape index (κ3) is 7.25. The minimum atomic E-state index is -4.62. The van der Waals surface area contributed by atoms with Crippen molar-refractivity contribution in [3.05, 3.63) is 28.5 Å². The topological polar surface area (TPSA) is 107 Å². The van der Waals surface area contributed by atoms with Gasteiger partial charge in [-0.3, -0.25) is 9.59 Å². The largest absolute Gasteiger partial charge is 0.408 e. The molecule has 8 nitrogen and oxygen atoms in total. The van der Waals surface area contributed by atoms with Gasteiger partial charge in [0.2, 0.25) is 0 Å². The number of pyridine rings is 1. The maximum absolute atomic E-state index is 14.3. The van der Waals surface area contributed by atoms with Gasteiger partial charge in [0.15, 0.2) is 5.01 Å². The molecular formula is C26H34F5N5O3S. The second-order valence-corrected chi connectivity index (χ2v) is 11.5. The van der Waals surface area contributed by atoms with Gasteiger partial charge in [0.1, 0.15) is 17.6 Å². The molecule has 0 bridgehead atoms. The van der Waals surface area contributed by atoms with Gasteiger partial charge in [-0.15, -0.1) is 11.3 Å². The lowest BCUT2D eigenvalue weighted by molar-refractivity contribution is -0.142. The molecule has 0 aliphatic carbocycles. The maximum atomic E-state index is 14.3. The number of rotatable bonds is 9. The van der Waals surface area contributed by atoms with E-state index in [2.05, 4.69) is 20.6 Å². The molecule has 0 saturated carbocycles. The highest BCUT2D eigenvalue weighted by Crippen LogP contribution is 2.39. The highest BCUT2D eigenvalue weighted by Gasteiger charge is 2.39. The summed E-state index contributed by atoms with van der Waals surface area (Å²) in [6.45, 7) is 8.15. The van der Waals surface area contributed by atoms with Crippen molar-refractivity contribution in [1.82, 2.24) is 20.2 Å². The van der Waals surface area contributed by atoms with Crippen LogP contribution in [0.15, 0.2) is 12.3 Å². The summed E-state index contributed by atoms with van der Waals surface area (Å²) in [5.41, 5.74) is -2.36. The number of halogens is 5. The van der Waals surface area contributed by atoms with Crippen molar-refractivity contribution >= 4 is 29.0 Å². The molecule has 3 rings (SSSR count). The van der Waals surface area contributed by atoms with Crippen LogP contribution in [0.2, 0.25) is 0 Å². The van der Waals surface area contributed by atoms with Gasteiger partial charge in [0, 0.05) is 29.9 Å². The molecule has 222 valence electrons. The lowest BCUT2D eigenvalue weighted by Crippen LogP contribution is -2.47. The van der Waals surface area contributed by atoms with Crippen molar-refractivity contribution in [2.45, 2.75) is 96.6 Å². The Morgan fingerprint density at radius 3 is 2.48 bits per heavy atom. The van der Waals surface area contributed by atoms with Crippen molar-refractivity contribution in [3.63, 3.8) is 0 Å². The van der Waals surface area contributed by atoms with Gasteiger partial charge in [-0.25, -0.2) is 18.7 Å². The maximum Gasteiger partial charge on any atom is 0.408 e. The normalized spacial score (nSPS) is 18.0. The summed E-state index contributed by atoms with van der Waals surface area (Å²) in [7, 11) is 0. The van der Waals surface area contributed by atoms with Gasteiger partial charge >= 0.3 is 6.18 Å². The molecule has 1 aliphatic rings. The van der Waals surface area contributed by atoms with E-state index in [-0.39, 0.29) is 33.6 Å². The van der Waals surface area contributed by atoms with Gasteiger partial charge in [-0.2, -0.15) is 13.2 Å². The van der Waals surface area contributed by atoms with Gasteiger partial charge in [0.25, 0.3) is 18.2 Å². The van der Waals surface area contributed by atoms with Gasteiger partial charge in [0.05, 0.1) is 16.5 Å². The summed E-state index contributed by atoms with van der Waals surface area (Å²) in [6.07, 6.45) is -4.72. The van der Waals surface area contributed by atoms with Crippen LogP contribution in [-0.4, -0.2) is 68.2 Å². The minimum absolute atomic E-state index is 0.0407. The summed E-state index contributed by atoms with van der Waals surface area (Å²) in [5, 5.41) is 14.8. The molecule has 14 heteroatoms. The standard InChI is InChI=1S/C26H34F5N5O3S/c1-6-17(26(29,30)31)34-18-11-15(21(27)28)16(12-32-18)20-19(24(38)36-10-8-7-9-13(36)2)35-23(40-20)22(37)33-14(3)25(4,5)39/h11-14,17,21,39H,6-10H2,1-5H3,(H,32,34)(H,33,37)/t13-,14-,17-/m0/s1. The molecule has 0 aromatic carbocycles. The number of alkyl halides is 5. The van der Waals surface area contributed by atoms with Crippen molar-refractivity contribution in [2.75, 3.05) is 11.9 Å². The van der Waals surface area contributed by atoms with E-state index in [1.54, 1.807) is 11.8 Å². The number of amides is 2. The van der Waals surface area contributed by atoms with E-state index in [1.807, 2.05) is 6.92 Å². The molecule has 2 aromatic rings. The second kappa shape index (κ2) is 12.3. The first-order chi connectivity index (χ1) is 18.5. The summed E-state index contributed by atoms with van der Waals surface area (Å²) >= 11 is 0.701. The van der Waals surface area contributed by atoms with Crippen molar-refractivity contribution in [2.24, 2.45) is 0 Å². The van der Waals surface area contributed by atoms with Gasteiger partial charge in [-0.05, 0) is 59.4 Å². The fraction of sp³-hybridized carbons (Fsp3) is 0.615. The number of carbonyl (C=O) groups is 2. The Morgan fingerprint density at radius 1 is 1.25 bits per heavy atom. The van der Waals surface area contributed by atoms with Crippen LogP contribution in [0.1, 0.15) is 92.6 Å². The molecule has 1 aliphatic heterocycles. The molecule has 40 heavy (non-hydrogen) atoms. The lowest BCUT2D eigenvalue weighted by atomic mass is 10.0. The monoisotopic (exact) mass is 591 g/mol. The molecule has 1 fully saturated rings. The second-order valence-electron chi connectivity index (χ2n) is 10.5.